The van der Waals surface area contributed by atoms with Crippen molar-refractivity contribution in [1.82, 2.24) is 20.2 Å². The monoisotopic (exact) mass is 352 g/mol. The van der Waals surface area contributed by atoms with Crippen molar-refractivity contribution in [2.45, 2.75) is 39.5 Å². The predicted molar refractivity (Wildman–Crippen MR) is 88.5 cm³/mol. The van der Waals surface area contributed by atoms with Gasteiger partial charge in [0.15, 0.2) is 11.6 Å². The van der Waals surface area contributed by atoms with Crippen molar-refractivity contribution < 1.29 is 0 Å². The lowest BCUT2D eigenvalue weighted by molar-refractivity contribution is 0.737. The lowest BCUT2D eigenvalue weighted by Gasteiger charge is -2.04. The van der Waals surface area contributed by atoms with Crippen LogP contribution in [0.5, 0.6) is 0 Å². The number of aromatic amines is 1. The van der Waals surface area contributed by atoms with Crippen LogP contribution in [0.2, 0.25) is 0 Å². The maximum Gasteiger partial charge on any atom is 0.222 e. The van der Waals surface area contributed by atoms with Crippen LogP contribution in [-0.4, -0.2) is 20.2 Å². The number of H-pyrrole nitrogens is 1. The van der Waals surface area contributed by atoms with Crippen molar-refractivity contribution in [2.24, 2.45) is 5.92 Å². The van der Waals surface area contributed by atoms with Crippen LogP contribution in [-0.2, 0) is 0 Å². The Morgan fingerprint density at radius 1 is 1.38 bits per heavy atom. The first-order valence-electron chi connectivity index (χ1n) is 7.06. The molecular formula is C14H21BrN6. The molecule has 0 spiro atoms. The van der Waals surface area contributed by atoms with E-state index in [-0.39, 0.29) is 5.95 Å². The fraction of sp³-hybridized carbons (Fsp3) is 0.500. The molecule has 4 N–H and O–H groups in total. The molecule has 114 valence electrons. The van der Waals surface area contributed by atoms with Gasteiger partial charge in [0.1, 0.15) is 0 Å². The van der Waals surface area contributed by atoms with E-state index < -0.39 is 0 Å². The van der Waals surface area contributed by atoms with Gasteiger partial charge in [-0.05, 0) is 34.7 Å². The molecule has 2 aromatic heterocycles. The van der Waals surface area contributed by atoms with Crippen LogP contribution in [0.4, 0.5) is 17.6 Å². The SMILES string of the molecule is CC(C)C.Nc1ncc(Br)c(Nc2cc(C3CC3)[nH]n2)n1. The highest BCUT2D eigenvalue weighted by Gasteiger charge is 2.25. The molecule has 3 rings (SSSR count). The summed E-state index contributed by atoms with van der Waals surface area (Å²) in [6.07, 6.45) is 4.09. The minimum Gasteiger partial charge on any atom is -0.368 e. The predicted octanol–water partition coefficient (Wildman–Crippen LogP) is 3.83. The van der Waals surface area contributed by atoms with E-state index in [0.717, 1.165) is 16.2 Å². The van der Waals surface area contributed by atoms with Gasteiger partial charge in [-0.3, -0.25) is 5.10 Å². The average Bonchev–Trinajstić information content (AvgIpc) is 3.14. The van der Waals surface area contributed by atoms with Crippen LogP contribution >= 0.6 is 15.9 Å². The van der Waals surface area contributed by atoms with Crippen LogP contribution in [0, 0.1) is 5.92 Å². The van der Waals surface area contributed by atoms with E-state index in [1.807, 2.05) is 6.07 Å². The normalized spacial score (nSPS) is 13.8. The highest BCUT2D eigenvalue weighted by molar-refractivity contribution is 9.10. The largest absolute Gasteiger partial charge is 0.368 e. The summed E-state index contributed by atoms with van der Waals surface area (Å²) in [4.78, 5) is 7.97. The first-order valence-corrected chi connectivity index (χ1v) is 7.85. The number of hydrogen-bond donors (Lipinski definition) is 3. The van der Waals surface area contributed by atoms with Gasteiger partial charge in [0.05, 0.1) is 4.47 Å². The maximum absolute atomic E-state index is 5.53. The molecule has 0 unspecified atom stereocenters. The van der Waals surface area contributed by atoms with E-state index in [2.05, 4.69) is 62.2 Å². The zero-order valence-electron chi connectivity index (χ0n) is 12.5. The zero-order valence-corrected chi connectivity index (χ0v) is 14.1. The van der Waals surface area contributed by atoms with E-state index in [1.165, 1.54) is 18.5 Å². The smallest absolute Gasteiger partial charge is 0.222 e. The summed E-state index contributed by atoms with van der Waals surface area (Å²) < 4.78 is 0.752. The third kappa shape index (κ3) is 5.00. The Morgan fingerprint density at radius 2 is 2.05 bits per heavy atom. The Hall–Kier alpha value is -1.63. The maximum atomic E-state index is 5.53. The fourth-order valence-electron chi connectivity index (χ4n) is 1.59. The van der Waals surface area contributed by atoms with Crippen LogP contribution in [0.3, 0.4) is 0 Å². The van der Waals surface area contributed by atoms with Crippen LogP contribution in [0.1, 0.15) is 45.2 Å². The van der Waals surface area contributed by atoms with Crippen LogP contribution in [0.15, 0.2) is 16.7 Å². The van der Waals surface area contributed by atoms with Gasteiger partial charge in [0.2, 0.25) is 5.95 Å². The molecule has 21 heavy (non-hydrogen) atoms. The quantitative estimate of drug-likeness (QED) is 0.780. The summed E-state index contributed by atoms with van der Waals surface area (Å²) in [5, 5.41) is 10.3. The first kappa shape index (κ1) is 15.8. The van der Waals surface area contributed by atoms with Crippen LogP contribution in [0.25, 0.3) is 0 Å². The molecule has 1 fully saturated rings. The molecule has 1 aliphatic carbocycles. The number of rotatable bonds is 3. The zero-order chi connectivity index (χ0) is 15.4. The number of nitrogens with zero attached hydrogens (tertiary/aromatic N) is 3. The third-order valence-corrected chi connectivity index (χ3v) is 3.20. The van der Waals surface area contributed by atoms with Crippen molar-refractivity contribution in [3.63, 3.8) is 0 Å². The number of nitrogens with two attached hydrogens (primary N) is 1. The first-order chi connectivity index (χ1) is 9.95. The molecule has 0 radical (unpaired) electrons. The molecule has 0 aromatic carbocycles. The summed E-state index contributed by atoms with van der Waals surface area (Å²) in [5.74, 6) is 3.07. The van der Waals surface area contributed by atoms with Gasteiger partial charge in [0, 0.05) is 23.9 Å². The highest BCUT2D eigenvalue weighted by Crippen LogP contribution is 2.39. The van der Waals surface area contributed by atoms with Gasteiger partial charge in [-0.2, -0.15) is 10.1 Å². The molecule has 0 amide bonds. The van der Waals surface area contributed by atoms with Crippen molar-refractivity contribution >= 4 is 33.5 Å². The minimum atomic E-state index is 0.230. The lowest BCUT2D eigenvalue weighted by atomic mass is 10.3. The van der Waals surface area contributed by atoms with Gasteiger partial charge in [-0.1, -0.05) is 20.8 Å². The second-order valence-electron chi connectivity index (χ2n) is 5.76. The standard InChI is InChI=1S/C10H11BrN6.C4H10/c11-6-4-13-10(12)15-9(6)14-8-3-7(16-17-8)5-1-2-5;1-4(2)3/h3-5H,1-2H2,(H4,12,13,14,15,16,17);4H,1-3H3. The van der Waals surface area contributed by atoms with E-state index in [0.29, 0.717) is 11.7 Å². The number of nitrogens with one attached hydrogen (secondary N) is 2. The Morgan fingerprint density at radius 3 is 2.67 bits per heavy atom. The topological polar surface area (TPSA) is 92.5 Å². The summed E-state index contributed by atoms with van der Waals surface area (Å²) in [7, 11) is 0. The van der Waals surface area contributed by atoms with E-state index >= 15 is 0 Å². The fourth-order valence-corrected chi connectivity index (χ4v) is 1.88. The number of halogens is 1. The Balaban J connectivity index is 0.000000361. The van der Waals surface area contributed by atoms with Gasteiger partial charge in [0.25, 0.3) is 0 Å². The highest BCUT2D eigenvalue weighted by atomic mass is 79.9. The van der Waals surface area contributed by atoms with E-state index in [4.69, 9.17) is 5.73 Å². The third-order valence-electron chi connectivity index (χ3n) is 2.62. The molecule has 0 bridgehead atoms. The van der Waals surface area contributed by atoms with Gasteiger partial charge in [-0.15, -0.1) is 0 Å². The summed E-state index contributed by atoms with van der Waals surface area (Å²) in [6.45, 7) is 6.50. The Kier molecular flexibility index (Phi) is 5.17. The van der Waals surface area contributed by atoms with E-state index in [9.17, 15) is 0 Å². The molecule has 0 aliphatic heterocycles. The Labute approximate surface area is 133 Å². The molecule has 2 heterocycles. The van der Waals surface area contributed by atoms with Crippen molar-refractivity contribution in [3.8, 4) is 0 Å². The van der Waals surface area contributed by atoms with Crippen molar-refractivity contribution in [1.29, 1.82) is 0 Å². The molecule has 0 atom stereocenters. The van der Waals surface area contributed by atoms with Gasteiger partial charge < -0.3 is 11.1 Å². The summed E-state index contributed by atoms with van der Waals surface area (Å²) in [5.41, 5.74) is 6.71. The second-order valence-corrected chi connectivity index (χ2v) is 6.62. The van der Waals surface area contributed by atoms with Gasteiger partial charge in [-0.25, -0.2) is 4.98 Å². The summed E-state index contributed by atoms with van der Waals surface area (Å²) in [6, 6.07) is 2.00. The van der Waals surface area contributed by atoms with Crippen molar-refractivity contribution in [3.05, 3.63) is 22.4 Å². The molecule has 0 saturated heterocycles. The minimum absolute atomic E-state index is 0.230. The molecule has 2 aromatic rings. The number of nitrogen functional groups attached to an aromatic ring is 1. The second kappa shape index (κ2) is 6.89. The molecular weight excluding hydrogens is 332 g/mol. The molecule has 7 heteroatoms. The van der Waals surface area contributed by atoms with E-state index in [1.54, 1.807) is 6.20 Å². The number of hydrogen-bond acceptors (Lipinski definition) is 5. The summed E-state index contributed by atoms with van der Waals surface area (Å²) >= 11 is 3.35. The van der Waals surface area contributed by atoms with Crippen LogP contribution < -0.4 is 11.1 Å². The lowest BCUT2D eigenvalue weighted by Crippen LogP contribution is -2.00. The number of anilines is 3. The molecule has 1 aliphatic rings. The Bertz CT molecular complexity index is 588. The van der Waals surface area contributed by atoms with Gasteiger partial charge >= 0.3 is 0 Å². The van der Waals surface area contributed by atoms with Crippen molar-refractivity contribution in [2.75, 3.05) is 11.1 Å². The molecule has 6 nitrogen and oxygen atoms in total. The average molecular weight is 353 g/mol. The number of aromatic nitrogens is 4. The molecule has 1 saturated carbocycles.